The van der Waals surface area contributed by atoms with Gasteiger partial charge in [0.05, 0.1) is 36.1 Å². The highest BCUT2D eigenvalue weighted by Gasteiger charge is 2.32. The zero-order valence-corrected chi connectivity index (χ0v) is 19.5. The van der Waals surface area contributed by atoms with Crippen LogP contribution >= 0.6 is 11.6 Å². The van der Waals surface area contributed by atoms with Gasteiger partial charge in [0.1, 0.15) is 5.69 Å². The maximum Gasteiger partial charge on any atom is 0.282 e. The van der Waals surface area contributed by atoms with E-state index < -0.39 is 11.8 Å². The molecular weight excluding hydrogens is 462 g/mol. The Balaban J connectivity index is 1.96. The van der Waals surface area contributed by atoms with Crippen molar-refractivity contribution in [1.29, 1.82) is 0 Å². The molecule has 0 aliphatic rings. The Kier molecular flexibility index (Phi) is 6.75. The lowest BCUT2D eigenvalue weighted by atomic mass is 10.1. The normalized spacial score (nSPS) is 10.9. The number of pyridine rings is 2. The van der Waals surface area contributed by atoms with Crippen LogP contribution in [0.5, 0.6) is 5.88 Å². The summed E-state index contributed by atoms with van der Waals surface area (Å²) < 4.78 is 11.6. The Hall–Kier alpha value is -3.96. The number of hydrogen-bond donors (Lipinski definition) is 2. The Morgan fingerprint density at radius 2 is 2.06 bits per heavy atom. The van der Waals surface area contributed by atoms with Crippen LogP contribution in [0.4, 0.5) is 11.5 Å². The molecule has 0 aliphatic carbocycles. The first-order valence-corrected chi connectivity index (χ1v) is 10.6. The minimum atomic E-state index is -0.544. The van der Waals surface area contributed by atoms with Crippen LogP contribution in [0.15, 0.2) is 42.7 Å². The van der Waals surface area contributed by atoms with Crippen molar-refractivity contribution in [1.82, 2.24) is 30.1 Å². The summed E-state index contributed by atoms with van der Waals surface area (Å²) in [5.74, 6) is -0.621. The summed E-state index contributed by atoms with van der Waals surface area (Å²) in [6.45, 7) is 2.37. The van der Waals surface area contributed by atoms with Gasteiger partial charge in [-0.25, -0.2) is 9.50 Å². The van der Waals surface area contributed by atoms with Crippen molar-refractivity contribution in [2.45, 2.75) is 6.92 Å². The molecule has 0 saturated carbocycles. The molecule has 0 aliphatic heterocycles. The number of aromatic amines is 1. The summed E-state index contributed by atoms with van der Waals surface area (Å²) in [5, 5.41) is 14.0. The van der Waals surface area contributed by atoms with E-state index in [0.29, 0.717) is 17.7 Å². The van der Waals surface area contributed by atoms with E-state index in [1.807, 2.05) is 6.07 Å². The fourth-order valence-corrected chi connectivity index (χ4v) is 3.71. The van der Waals surface area contributed by atoms with Gasteiger partial charge in [0.15, 0.2) is 11.5 Å². The quantitative estimate of drug-likeness (QED) is 0.369. The molecule has 4 rings (SSSR count). The van der Waals surface area contributed by atoms with Gasteiger partial charge in [0.25, 0.3) is 11.8 Å². The van der Waals surface area contributed by atoms with Crippen LogP contribution in [-0.4, -0.2) is 64.0 Å². The van der Waals surface area contributed by atoms with E-state index in [1.54, 1.807) is 31.3 Å². The molecule has 0 saturated heterocycles. The summed E-state index contributed by atoms with van der Waals surface area (Å²) in [4.78, 5) is 32.8. The van der Waals surface area contributed by atoms with E-state index in [9.17, 15) is 9.59 Å². The molecule has 0 radical (unpaired) electrons. The minimum absolute atomic E-state index is 0.115. The molecule has 2 amide bonds. The zero-order chi connectivity index (χ0) is 24.2. The maximum atomic E-state index is 13.8. The number of carbonyl (C=O) groups is 2. The summed E-state index contributed by atoms with van der Waals surface area (Å²) in [7, 11) is 2.98. The van der Waals surface area contributed by atoms with Crippen LogP contribution in [0.25, 0.3) is 5.52 Å². The van der Waals surface area contributed by atoms with Crippen LogP contribution in [0.1, 0.15) is 26.5 Å². The van der Waals surface area contributed by atoms with Crippen molar-refractivity contribution >= 4 is 40.4 Å². The molecule has 11 nitrogen and oxygen atoms in total. The number of fused-ring (bicyclic) bond motifs is 1. The smallest absolute Gasteiger partial charge is 0.282 e. The van der Waals surface area contributed by atoms with Gasteiger partial charge in [-0.3, -0.25) is 19.6 Å². The Morgan fingerprint density at radius 3 is 2.76 bits per heavy atom. The predicted octanol–water partition coefficient (Wildman–Crippen LogP) is 2.78. The molecular formula is C22H22ClN7O4. The van der Waals surface area contributed by atoms with Gasteiger partial charge in [-0.1, -0.05) is 11.6 Å². The predicted molar refractivity (Wildman–Crippen MR) is 125 cm³/mol. The van der Waals surface area contributed by atoms with Crippen LogP contribution in [0, 0.1) is 6.92 Å². The number of ether oxygens (including phenoxy) is 2. The fraction of sp³-hybridized carbons (Fsp3) is 0.227. The van der Waals surface area contributed by atoms with Gasteiger partial charge in [-0.15, -0.1) is 5.10 Å². The average Bonchev–Trinajstić information content (AvgIpc) is 3.50. The number of nitrogens with one attached hydrogen (secondary N) is 2. The van der Waals surface area contributed by atoms with E-state index in [1.165, 1.54) is 35.9 Å². The number of H-pyrrole nitrogens is 1. The second-order valence-electron chi connectivity index (χ2n) is 7.21. The van der Waals surface area contributed by atoms with Gasteiger partial charge in [0.2, 0.25) is 5.88 Å². The first kappa shape index (κ1) is 23.2. The van der Waals surface area contributed by atoms with Crippen molar-refractivity contribution in [2.75, 3.05) is 32.3 Å². The number of halogens is 1. The molecule has 34 heavy (non-hydrogen) atoms. The van der Waals surface area contributed by atoms with Crippen LogP contribution in [0.3, 0.4) is 0 Å². The van der Waals surface area contributed by atoms with E-state index >= 15 is 0 Å². The van der Waals surface area contributed by atoms with Gasteiger partial charge in [-0.2, -0.15) is 5.10 Å². The number of carbonyl (C=O) groups excluding carboxylic acids is 2. The maximum absolute atomic E-state index is 13.8. The fourth-order valence-electron chi connectivity index (χ4n) is 3.51. The highest BCUT2D eigenvalue weighted by Crippen LogP contribution is 2.36. The van der Waals surface area contributed by atoms with E-state index in [0.717, 1.165) is 0 Å². The third kappa shape index (κ3) is 4.30. The standard InChI is InChI=1S/C22H22ClN7O4/c1-13-11-14-6-8-26-30(14)19(21(31)25-9-10-33-2)18(13)29(20-15(23)5-4-7-24-20)22(32)16-12-17(34-3)28-27-16/h4-8,11-12H,9-10H2,1-3H3,(H,25,31)(H,27,28). The molecule has 0 aromatic carbocycles. The molecule has 12 heteroatoms. The van der Waals surface area contributed by atoms with Crippen molar-refractivity contribution in [2.24, 2.45) is 0 Å². The summed E-state index contributed by atoms with van der Waals surface area (Å²) in [5.41, 5.74) is 1.83. The SMILES string of the molecule is COCCNC(=O)c1c(N(C(=O)c2cc(OC)n[nH]2)c2ncccc2Cl)c(C)cc2ccnn12. The number of rotatable bonds is 8. The number of nitrogens with zero attached hydrogens (tertiary/aromatic N) is 5. The number of aryl methyl sites for hydroxylation is 1. The first-order chi connectivity index (χ1) is 16.5. The van der Waals surface area contributed by atoms with E-state index in [-0.39, 0.29) is 40.3 Å². The van der Waals surface area contributed by atoms with Gasteiger partial charge in [0, 0.05) is 25.9 Å². The molecule has 0 bridgehead atoms. The summed E-state index contributed by atoms with van der Waals surface area (Å²) in [6, 6.07) is 8.29. The number of amides is 2. The second-order valence-corrected chi connectivity index (χ2v) is 7.62. The largest absolute Gasteiger partial charge is 0.480 e. The Morgan fingerprint density at radius 1 is 1.24 bits per heavy atom. The topological polar surface area (TPSA) is 127 Å². The summed E-state index contributed by atoms with van der Waals surface area (Å²) in [6.07, 6.45) is 3.08. The molecule has 0 spiro atoms. The molecule has 176 valence electrons. The molecule has 4 aromatic heterocycles. The number of methoxy groups -OCH3 is 2. The lowest BCUT2D eigenvalue weighted by molar-refractivity contribution is 0.0930. The van der Waals surface area contributed by atoms with E-state index in [2.05, 4.69) is 25.6 Å². The number of aromatic nitrogens is 5. The number of anilines is 2. The van der Waals surface area contributed by atoms with E-state index in [4.69, 9.17) is 21.1 Å². The van der Waals surface area contributed by atoms with Crippen LogP contribution in [0.2, 0.25) is 5.02 Å². The first-order valence-electron chi connectivity index (χ1n) is 10.2. The second kappa shape index (κ2) is 9.89. The molecule has 0 fully saturated rings. The Labute approximate surface area is 199 Å². The highest BCUT2D eigenvalue weighted by molar-refractivity contribution is 6.34. The third-order valence-electron chi connectivity index (χ3n) is 5.02. The lowest BCUT2D eigenvalue weighted by Crippen LogP contribution is -2.34. The van der Waals surface area contributed by atoms with Crippen molar-refractivity contribution in [3.05, 3.63) is 64.7 Å². The van der Waals surface area contributed by atoms with Gasteiger partial charge in [-0.05, 0) is 36.8 Å². The summed E-state index contributed by atoms with van der Waals surface area (Å²) >= 11 is 6.47. The van der Waals surface area contributed by atoms with Crippen molar-refractivity contribution < 1.29 is 19.1 Å². The van der Waals surface area contributed by atoms with Crippen molar-refractivity contribution in [3.8, 4) is 5.88 Å². The molecule has 0 atom stereocenters. The zero-order valence-electron chi connectivity index (χ0n) is 18.7. The highest BCUT2D eigenvalue weighted by atomic mass is 35.5. The molecule has 0 unspecified atom stereocenters. The monoisotopic (exact) mass is 483 g/mol. The van der Waals surface area contributed by atoms with Crippen LogP contribution in [-0.2, 0) is 4.74 Å². The average molecular weight is 484 g/mol. The number of hydrogen-bond acceptors (Lipinski definition) is 7. The third-order valence-corrected chi connectivity index (χ3v) is 5.32. The molecule has 4 heterocycles. The minimum Gasteiger partial charge on any atom is -0.480 e. The lowest BCUT2D eigenvalue weighted by Gasteiger charge is -2.26. The van der Waals surface area contributed by atoms with Crippen LogP contribution < -0.4 is 15.0 Å². The Bertz CT molecular complexity index is 1350. The molecule has 4 aromatic rings. The van der Waals surface area contributed by atoms with Gasteiger partial charge >= 0.3 is 0 Å². The van der Waals surface area contributed by atoms with Crippen molar-refractivity contribution in [3.63, 3.8) is 0 Å². The van der Waals surface area contributed by atoms with Gasteiger partial charge < -0.3 is 14.8 Å². The molecule has 2 N–H and O–H groups in total.